The maximum atomic E-state index is 13.3. The number of thiazole rings is 1. The first-order valence-corrected chi connectivity index (χ1v) is 10.9. The van der Waals surface area contributed by atoms with Crippen LogP contribution in [-0.2, 0) is 0 Å². The van der Waals surface area contributed by atoms with Crippen molar-refractivity contribution in [3.05, 3.63) is 70.4 Å². The maximum absolute atomic E-state index is 13.3. The summed E-state index contributed by atoms with van der Waals surface area (Å²) >= 11 is 2.95. The summed E-state index contributed by atoms with van der Waals surface area (Å²) in [6, 6.07) is 17.0. The van der Waals surface area contributed by atoms with Crippen molar-refractivity contribution in [2.45, 2.75) is 0 Å². The number of methoxy groups -OCH3 is 1. The van der Waals surface area contributed by atoms with E-state index < -0.39 is 0 Å². The number of hydrazone groups is 1. The Balaban J connectivity index is 1.73. The van der Waals surface area contributed by atoms with Gasteiger partial charge in [-0.15, -0.1) is 11.3 Å². The monoisotopic (exact) mass is 436 g/mol. The third kappa shape index (κ3) is 4.19. The van der Waals surface area contributed by atoms with E-state index in [4.69, 9.17) is 4.74 Å². The van der Waals surface area contributed by atoms with Crippen molar-refractivity contribution in [2.24, 2.45) is 5.10 Å². The summed E-state index contributed by atoms with van der Waals surface area (Å²) in [6.45, 7) is 0. The topological polar surface area (TPSA) is 58.0 Å². The minimum Gasteiger partial charge on any atom is -0.497 e. The molecular formula is C22H20N4O2S2. The second kappa shape index (κ2) is 8.64. The first-order valence-electron chi connectivity index (χ1n) is 9.19. The lowest BCUT2D eigenvalue weighted by atomic mass is 10.2. The maximum Gasteiger partial charge on any atom is 0.280 e. The fourth-order valence-corrected chi connectivity index (χ4v) is 4.33. The Kier molecular flexibility index (Phi) is 5.78. The highest BCUT2D eigenvalue weighted by Crippen LogP contribution is 2.32. The number of hydrogen-bond acceptors (Lipinski definition) is 7. The lowest BCUT2D eigenvalue weighted by Gasteiger charge is -2.15. The molecule has 152 valence electrons. The fourth-order valence-electron chi connectivity index (χ4n) is 2.80. The third-order valence-corrected chi connectivity index (χ3v) is 6.23. The van der Waals surface area contributed by atoms with Crippen LogP contribution in [0, 0.1) is 0 Å². The highest BCUT2D eigenvalue weighted by molar-refractivity contribution is 7.22. The molecule has 0 atom stereocenters. The number of anilines is 2. The molecular weight excluding hydrogens is 416 g/mol. The summed E-state index contributed by atoms with van der Waals surface area (Å²) in [5.74, 6) is 0.510. The SMILES string of the molecule is COc1ccc2nc(N(/N=C/c3cccs3)C(=O)c3ccc(N(C)C)cc3)sc2c1. The molecule has 30 heavy (non-hydrogen) atoms. The van der Waals surface area contributed by atoms with Crippen molar-refractivity contribution in [1.82, 2.24) is 4.98 Å². The van der Waals surface area contributed by atoms with Crippen molar-refractivity contribution in [2.75, 3.05) is 31.1 Å². The second-order valence-corrected chi connectivity index (χ2v) is 8.64. The molecule has 0 saturated carbocycles. The van der Waals surface area contributed by atoms with Gasteiger partial charge in [0.1, 0.15) is 5.75 Å². The molecule has 0 aliphatic heterocycles. The zero-order valence-electron chi connectivity index (χ0n) is 16.8. The number of amides is 1. The van der Waals surface area contributed by atoms with Crippen LogP contribution in [0.5, 0.6) is 5.75 Å². The van der Waals surface area contributed by atoms with Gasteiger partial charge in [0.15, 0.2) is 0 Å². The summed E-state index contributed by atoms with van der Waals surface area (Å²) in [4.78, 5) is 20.9. The molecule has 0 aliphatic carbocycles. The Hall–Kier alpha value is -3.23. The third-order valence-electron chi connectivity index (χ3n) is 4.43. The average Bonchev–Trinajstić information content (AvgIpc) is 3.43. The summed E-state index contributed by atoms with van der Waals surface area (Å²) < 4.78 is 6.23. The Morgan fingerprint density at radius 1 is 1.13 bits per heavy atom. The quantitative estimate of drug-likeness (QED) is 0.311. The van der Waals surface area contributed by atoms with Gasteiger partial charge in [0, 0.05) is 30.2 Å². The van der Waals surface area contributed by atoms with Gasteiger partial charge in [0.25, 0.3) is 5.91 Å². The molecule has 2 aromatic heterocycles. The van der Waals surface area contributed by atoms with Crippen LogP contribution in [0.2, 0.25) is 0 Å². The molecule has 0 spiro atoms. The molecule has 0 aliphatic rings. The smallest absolute Gasteiger partial charge is 0.280 e. The molecule has 2 heterocycles. The number of carbonyl (C=O) groups is 1. The molecule has 8 heteroatoms. The second-order valence-electron chi connectivity index (χ2n) is 6.65. The number of aromatic nitrogens is 1. The van der Waals surface area contributed by atoms with Gasteiger partial charge in [-0.25, -0.2) is 4.98 Å². The molecule has 0 saturated heterocycles. The van der Waals surface area contributed by atoms with Crippen molar-refractivity contribution < 1.29 is 9.53 Å². The van der Waals surface area contributed by atoms with E-state index in [0.717, 1.165) is 26.5 Å². The van der Waals surface area contributed by atoms with E-state index in [1.165, 1.54) is 16.3 Å². The van der Waals surface area contributed by atoms with E-state index >= 15 is 0 Å². The minimum absolute atomic E-state index is 0.237. The van der Waals surface area contributed by atoms with E-state index in [9.17, 15) is 4.79 Å². The van der Waals surface area contributed by atoms with Gasteiger partial charge in [-0.05, 0) is 53.9 Å². The molecule has 4 rings (SSSR count). The summed E-state index contributed by atoms with van der Waals surface area (Å²) in [5.41, 5.74) is 2.36. The number of rotatable bonds is 6. The fraction of sp³-hybridized carbons (Fsp3) is 0.136. The van der Waals surface area contributed by atoms with Crippen molar-refractivity contribution in [3.63, 3.8) is 0 Å². The number of hydrogen-bond donors (Lipinski definition) is 0. The highest BCUT2D eigenvalue weighted by Gasteiger charge is 2.21. The van der Waals surface area contributed by atoms with E-state index in [1.54, 1.807) is 24.7 Å². The first kappa shape index (κ1) is 20.1. The van der Waals surface area contributed by atoms with Crippen LogP contribution < -0.4 is 14.6 Å². The van der Waals surface area contributed by atoms with Crippen LogP contribution in [0.4, 0.5) is 10.8 Å². The average molecular weight is 437 g/mol. The highest BCUT2D eigenvalue weighted by atomic mass is 32.1. The molecule has 0 N–H and O–H groups in total. The summed E-state index contributed by atoms with van der Waals surface area (Å²) in [7, 11) is 5.55. The normalized spacial score (nSPS) is 11.2. The van der Waals surface area contributed by atoms with Crippen molar-refractivity contribution in [1.29, 1.82) is 0 Å². The van der Waals surface area contributed by atoms with Crippen LogP contribution in [0.15, 0.2) is 65.1 Å². The van der Waals surface area contributed by atoms with Crippen LogP contribution >= 0.6 is 22.7 Å². The van der Waals surface area contributed by atoms with E-state index in [-0.39, 0.29) is 5.91 Å². The van der Waals surface area contributed by atoms with E-state index in [1.807, 2.05) is 79.0 Å². The molecule has 0 radical (unpaired) electrons. The van der Waals surface area contributed by atoms with Gasteiger partial charge in [-0.2, -0.15) is 10.1 Å². The van der Waals surface area contributed by atoms with Crippen LogP contribution in [-0.4, -0.2) is 38.3 Å². The van der Waals surface area contributed by atoms with Gasteiger partial charge < -0.3 is 9.64 Å². The molecule has 1 amide bonds. The molecule has 0 bridgehead atoms. The first-order chi connectivity index (χ1) is 14.5. The minimum atomic E-state index is -0.237. The lowest BCUT2D eigenvalue weighted by Crippen LogP contribution is -2.25. The molecule has 4 aromatic rings. The number of benzene rings is 2. The summed E-state index contributed by atoms with van der Waals surface area (Å²) in [5, 5.41) is 8.32. The van der Waals surface area contributed by atoms with E-state index in [2.05, 4.69) is 10.1 Å². The van der Waals surface area contributed by atoms with Gasteiger partial charge in [0.05, 0.1) is 23.5 Å². The zero-order valence-corrected chi connectivity index (χ0v) is 18.4. The van der Waals surface area contributed by atoms with Crippen LogP contribution in [0.3, 0.4) is 0 Å². The Labute approximate surface area is 182 Å². The summed E-state index contributed by atoms with van der Waals surface area (Å²) in [6.07, 6.45) is 1.68. The largest absolute Gasteiger partial charge is 0.497 e. The van der Waals surface area contributed by atoms with E-state index in [0.29, 0.717) is 10.7 Å². The Morgan fingerprint density at radius 2 is 1.93 bits per heavy atom. The number of ether oxygens (including phenoxy) is 1. The standard InChI is InChI=1S/C22H20N4O2S2/c1-25(2)16-8-6-15(7-9-16)21(27)26(23-14-18-5-4-12-29-18)22-24-19-11-10-17(28-3)13-20(19)30-22/h4-14H,1-3H3/b23-14+. The Bertz CT molecular complexity index is 1180. The number of carbonyl (C=O) groups excluding carboxylic acids is 1. The molecule has 0 fully saturated rings. The van der Waals surface area contributed by atoms with Crippen LogP contribution in [0.25, 0.3) is 10.2 Å². The van der Waals surface area contributed by atoms with Gasteiger partial charge in [-0.1, -0.05) is 17.4 Å². The van der Waals surface area contributed by atoms with Gasteiger partial charge in [-0.3, -0.25) is 4.79 Å². The van der Waals surface area contributed by atoms with Gasteiger partial charge >= 0.3 is 0 Å². The Morgan fingerprint density at radius 3 is 2.60 bits per heavy atom. The molecule has 6 nitrogen and oxygen atoms in total. The van der Waals surface area contributed by atoms with Crippen LogP contribution in [0.1, 0.15) is 15.2 Å². The molecule has 2 aromatic carbocycles. The number of nitrogens with zero attached hydrogens (tertiary/aromatic N) is 4. The number of thiophene rings is 1. The van der Waals surface area contributed by atoms with Crippen molar-refractivity contribution in [3.8, 4) is 5.75 Å². The number of fused-ring (bicyclic) bond motifs is 1. The predicted octanol–water partition coefficient (Wildman–Crippen LogP) is 5.11. The molecule has 0 unspecified atom stereocenters. The lowest BCUT2D eigenvalue weighted by molar-refractivity contribution is 0.0988. The van der Waals surface area contributed by atoms with Crippen molar-refractivity contribution >= 4 is 55.8 Å². The van der Waals surface area contributed by atoms with Gasteiger partial charge in [0.2, 0.25) is 5.13 Å². The zero-order chi connectivity index (χ0) is 21.1. The predicted molar refractivity (Wildman–Crippen MR) is 126 cm³/mol.